The average Bonchev–Trinajstić information content (AvgIpc) is 2.16. The van der Waals surface area contributed by atoms with Gasteiger partial charge in [0, 0.05) is 6.42 Å². The minimum atomic E-state index is 0.0385. The van der Waals surface area contributed by atoms with Crippen molar-refractivity contribution >= 4 is 5.78 Å². The van der Waals surface area contributed by atoms with Gasteiger partial charge < -0.3 is 0 Å². The number of nitriles is 1. The van der Waals surface area contributed by atoms with Crippen LogP contribution in [0.5, 0.6) is 0 Å². The molecule has 0 aliphatic heterocycles. The molecule has 76 valence electrons. The van der Waals surface area contributed by atoms with Crippen molar-refractivity contribution in [1.82, 2.24) is 0 Å². The molecule has 0 atom stereocenters. The molecule has 2 heteroatoms. The van der Waals surface area contributed by atoms with E-state index in [4.69, 9.17) is 5.26 Å². The number of carbonyl (C=O) groups excluding carboxylic acids is 1. The van der Waals surface area contributed by atoms with Crippen LogP contribution in [0.4, 0.5) is 0 Å². The van der Waals surface area contributed by atoms with E-state index in [1.165, 1.54) is 11.1 Å². The SMILES string of the molecule is C=C/C(C)=C(/C)CCCC(=O)CC#N. The summed E-state index contributed by atoms with van der Waals surface area (Å²) in [6, 6.07) is 1.86. The first-order valence-corrected chi connectivity index (χ1v) is 4.79. The van der Waals surface area contributed by atoms with Crippen molar-refractivity contribution in [3.8, 4) is 6.07 Å². The van der Waals surface area contributed by atoms with Gasteiger partial charge in [-0.05, 0) is 26.7 Å². The molecule has 0 amide bonds. The van der Waals surface area contributed by atoms with Gasteiger partial charge in [0.05, 0.1) is 12.5 Å². The molecule has 0 aliphatic carbocycles. The van der Waals surface area contributed by atoms with Crippen LogP contribution in [0.2, 0.25) is 0 Å². The summed E-state index contributed by atoms with van der Waals surface area (Å²) in [7, 11) is 0. The number of ketones is 1. The summed E-state index contributed by atoms with van der Waals surface area (Å²) in [5.41, 5.74) is 2.45. The van der Waals surface area contributed by atoms with Gasteiger partial charge in [-0.15, -0.1) is 0 Å². The van der Waals surface area contributed by atoms with Crippen molar-refractivity contribution in [2.75, 3.05) is 0 Å². The van der Waals surface area contributed by atoms with E-state index >= 15 is 0 Å². The number of hydrogen-bond donors (Lipinski definition) is 0. The van der Waals surface area contributed by atoms with E-state index in [2.05, 4.69) is 6.58 Å². The fourth-order valence-electron chi connectivity index (χ4n) is 1.10. The Hall–Kier alpha value is -1.36. The smallest absolute Gasteiger partial charge is 0.146 e. The van der Waals surface area contributed by atoms with Crippen molar-refractivity contribution < 1.29 is 4.79 Å². The van der Waals surface area contributed by atoms with E-state index in [9.17, 15) is 4.79 Å². The van der Waals surface area contributed by atoms with Crippen LogP contribution in [0.3, 0.4) is 0 Å². The molecule has 0 spiro atoms. The molecule has 0 bridgehead atoms. The molecule has 0 heterocycles. The molecule has 0 saturated heterocycles. The molecule has 0 saturated carbocycles. The van der Waals surface area contributed by atoms with Gasteiger partial charge in [0.2, 0.25) is 0 Å². The lowest BCUT2D eigenvalue weighted by Crippen LogP contribution is -1.95. The van der Waals surface area contributed by atoms with Crippen LogP contribution in [0.25, 0.3) is 0 Å². The third kappa shape index (κ3) is 5.31. The normalized spacial score (nSPS) is 11.5. The average molecular weight is 191 g/mol. The fraction of sp³-hybridized carbons (Fsp3) is 0.500. The zero-order valence-electron chi connectivity index (χ0n) is 8.97. The number of carbonyl (C=O) groups is 1. The lowest BCUT2D eigenvalue weighted by atomic mass is 10.0. The predicted octanol–water partition coefficient (Wildman–Crippen LogP) is 3.16. The second kappa shape index (κ2) is 7.08. The van der Waals surface area contributed by atoms with Gasteiger partial charge in [-0.2, -0.15) is 5.26 Å². The lowest BCUT2D eigenvalue weighted by Gasteiger charge is -2.02. The maximum absolute atomic E-state index is 11.0. The van der Waals surface area contributed by atoms with Crippen molar-refractivity contribution in [2.45, 2.75) is 39.5 Å². The lowest BCUT2D eigenvalue weighted by molar-refractivity contribution is -0.118. The van der Waals surface area contributed by atoms with Gasteiger partial charge in [-0.3, -0.25) is 4.79 Å². The van der Waals surface area contributed by atoms with E-state index < -0.39 is 0 Å². The van der Waals surface area contributed by atoms with Crippen molar-refractivity contribution in [1.29, 1.82) is 5.26 Å². The van der Waals surface area contributed by atoms with Gasteiger partial charge in [-0.25, -0.2) is 0 Å². The molecule has 14 heavy (non-hydrogen) atoms. The highest BCUT2D eigenvalue weighted by molar-refractivity contribution is 5.80. The van der Waals surface area contributed by atoms with Crippen molar-refractivity contribution in [3.63, 3.8) is 0 Å². The van der Waals surface area contributed by atoms with Gasteiger partial charge in [-0.1, -0.05) is 23.8 Å². The Balaban J connectivity index is 3.81. The number of hydrogen-bond acceptors (Lipinski definition) is 2. The topological polar surface area (TPSA) is 40.9 Å². The number of nitrogens with zero attached hydrogens (tertiary/aromatic N) is 1. The van der Waals surface area contributed by atoms with Crippen LogP contribution in [0.15, 0.2) is 23.8 Å². The first-order chi connectivity index (χ1) is 6.61. The zero-order chi connectivity index (χ0) is 11.0. The summed E-state index contributed by atoms with van der Waals surface area (Å²) in [5.74, 6) is 0.0385. The van der Waals surface area contributed by atoms with Crippen molar-refractivity contribution in [2.24, 2.45) is 0 Å². The van der Waals surface area contributed by atoms with Gasteiger partial charge in [0.1, 0.15) is 5.78 Å². The Labute approximate surface area is 85.9 Å². The first kappa shape index (κ1) is 12.6. The molecule has 0 rings (SSSR count). The molecule has 0 radical (unpaired) electrons. The summed E-state index contributed by atoms with van der Waals surface area (Å²) in [6.45, 7) is 7.75. The molecular formula is C12H17NO. The second-order valence-corrected chi connectivity index (χ2v) is 3.39. The molecule has 0 N–H and O–H groups in total. The number of rotatable bonds is 6. The second-order valence-electron chi connectivity index (χ2n) is 3.39. The Bertz CT molecular complexity index is 281. The van der Waals surface area contributed by atoms with Crippen LogP contribution in [0, 0.1) is 11.3 Å². The summed E-state index contributed by atoms with van der Waals surface area (Å²) >= 11 is 0. The molecular weight excluding hydrogens is 174 g/mol. The quantitative estimate of drug-likeness (QED) is 0.605. The third-order valence-corrected chi connectivity index (χ3v) is 2.26. The molecule has 0 aliphatic rings. The van der Waals surface area contributed by atoms with E-state index in [1.54, 1.807) is 0 Å². The highest BCUT2D eigenvalue weighted by atomic mass is 16.1. The molecule has 0 aromatic heterocycles. The third-order valence-electron chi connectivity index (χ3n) is 2.26. The summed E-state index contributed by atoms with van der Waals surface area (Å²) in [6.07, 6.45) is 4.12. The van der Waals surface area contributed by atoms with Crippen LogP contribution < -0.4 is 0 Å². The Morgan fingerprint density at radius 1 is 1.43 bits per heavy atom. The Morgan fingerprint density at radius 2 is 2.07 bits per heavy atom. The Morgan fingerprint density at radius 3 is 2.57 bits per heavy atom. The van der Waals surface area contributed by atoms with Gasteiger partial charge in [0.25, 0.3) is 0 Å². The van der Waals surface area contributed by atoms with Gasteiger partial charge >= 0.3 is 0 Å². The van der Waals surface area contributed by atoms with Crippen LogP contribution in [-0.4, -0.2) is 5.78 Å². The summed E-state index contributed by atoms with van der Waals surface area (Å²) in [4.78, 5) is 11.0. The van der Waals surface area contributed by atoms with Gasteiger partial charge in [0.15, 0.2) is 0 Å². The van der Waals surface area contributed by atoms with E-state index in [0.717, 1.165) is 12.8 Å². The highest BCUT2D eigenvalue weighted by Gasteiger charge is 2.01. The van der Waals surface area contributed by atoms with E-state index in [1.807, 2.05) is 26.0 Å². The monoisotopic (exact) mass is 191 g/mol. The van der Waals surface area contributed by atoms with Crippen LogP contribution in [0.1, 0.15) is 39.5 Å². The van der Waals surface area contributed by atoms with Crippen molar-refractivity contribution in [3.05, 3.63) is 23.8 Å². The van der Waals surface area contributed by atoms with Crippen LogP contribution in [-0.2, 0) is 4.79 Å². The fourth-order valence-corrected chi connectivity index (χ4v) is 1.10. The summed E-state index contributed by atoms with van der Waals surface area (Å²) in [5, 5.41) is 8.28. The molecule has 0 aromatic rings. The minimum Gasteiger partial charge on any atom is -0.299 e. The zero-order valence-corrected chi connectivity index (χ0v) is 8.97. The maximum Gasteiger partial charge on any atom is 0.146 e. The predicted molar refractivity (Wildman–Crippen MR) is 57.7 cm³/mol. The Kier molecular flexibility index (Phi) is 6.39. The largest absolute Gasteiger partial charge is 0.299 e. The van der Waals surface area contributed by atoms with E-state index in [-0.39, 0.29) is 12.2 Å². The summed E-state index contributed by atoms with van der Waals surface area (Å²) < 4.78 is 0. The molecule has 0 unspecified atom stereocenters. The molecule has 2 nitrogen and oxygen atoms in total. The molecule has 0 fully saturated rings. The van der Waals surface area contributed by atoms with E-state index in [0.29, 0.717) is 6.42 Å². The van der Waals surface area contributed by atoms with Crippen LogP contribution >= 0.6 is 0 Å². The maximum atomic E-state index is 11.0. The standard InChI is InChI=1S/C12H17NO/c1-4-10(2)11(3)6-5-7-12(14)8-9-13/h4H,1,5-8H2,2-3H3/b11-10-. The number of allylic oxidation sites excluding steroid dienone is 3. The minimum absolute atomic E-state index is 0.0385. The first-order valence-electron chi connectivity index (χ1n) is 4.79. The molecule has 0 aromatic carbocycles. The highest BCUT2D eigenvalue weighted by Crippen LogP contribution is 2.12. The number of Topliss-reactive ketones (excluding diaryl/α,β-unsaturated/α-hetero) is 1.